The molecule has 1 atom stereocenters. The standard InChI is InChI=1S/C22H38N4O3.HI/c1-17(2)19(26-11-13-29-14-12-26)16-24-22(23-3)25(4)10-9-18-7-8-20(27-5)21(15-18)28-6;/h7-8,15,17,19H,9-14,16H2,1-6H3,(H,23,24);1H. The number of nitrogens with zero attached hydrogens (tertiary/aromatic N) is 3. The van der Waals surface area contributed by atoms with E-state index in [2.05, 4.69) is 47.1 Å². The van der Waals surface area contributed by atoms with Gasteiger partial charge < -0.3 is 24.4 Å². The quantitative estimate of drug-likeness (QED) is 0.299. The van der Waals surface area contributed by atoms with Crippen LogP contribution in [0.5, 0.6) is 11.5 Å². The average Bonchev–Trinajstić information content (AvgIpc) is 2.75. The van der Waals surface area contributed by atoms with Gasteiger partial charge in [-0.2, -0.15) is 0 Å². The normalized spacial score (nSPS) is 16.0. The molecule has 0 radical (unpaired) electrons. The molecule has 0 bridgehead atoms. The lowest BCUT2D eigenvalue weighted by Crippen LogP contribution is -2.52. The van der Waals surface area contributed by atoms with Gasteiger partial charge in [0.1, 0.15) is 0 Å². The van der Waals surface area contributed by atoms with Crippen LogP contribution in [0.4, 0.5) is 0 Å². The summed E-state index contributed by atoms with van der Waals surface area (Å²) < 4.78 is 16.2. The molecule has 8 heteroatoms. The minimum atomic E-state index is 0. The van der Waals surface area contributed by atoms with E-state index in [1.54, 1.807) is 14.2 Å². The Hall–Kier alpha value is -1.26. The van der Waals surface area contributed by atoms with E-state index >= 15 is 0 Å². The molecule has 0 amide bonds. The molecule has 1 N–H and O–H groups in total. The fourth-order valence-electron chi connectivity index (χ4n) is 3.71. The Labute approximate surface area is 199 Å². The predicted molar refractivity (Wildman–Crippen MR) is 134 cm³/mol. The molecular weight excluding hydrogens is 495 g/mol. The molecule has 172 valence electrons. The minimum absolute atomic E-state index is 0. The van der Waals surface area contributed by atoms with Gasteiger partial charge >= 0.3 is 0 Å². The second-order valence-corrected chi connectivity index (χ2v) is 7.75. The number of methoxy groups -OCH3 is 2. The highest BCUT2D eigenvalue weighted by atomic mass is 127. The SMILES string of the molecule is CN=C(NCC(C(C)C)N1CCOCC1)N(C)CCc1ccc(OC)c(OC)c1.I. The molecule has 0 aromatic heterocycles. The first-order chi connectivity index (χ1) is 14.0. The highest BCUT2D eigenvalue weighted by Gasteiger charge is 2.24. The Kier molecular flexibility index (Phi) is 12.4. The van der Waals surface area contributed by atoms with Crippen molar-refractivity contribution in [3.05, 3.63) is 23.8 Å². The van der Waals surface area contributed by atoms with Gasteiger partial charge in [-0.15, -0.1) is 24.0 Å². The largest absolute Gasteiger partial charge is 0.493 e. The van der Waals surface area contributed by atoms with Crippen LogP contribution in [0, 0.1) is 5.92 Å². The summed E-state index contributed by atoms with van der Waals surface area (Å²) >= 11 is 0. The van der Waals surface area contributed by atoms with Crippen molar-refractivity contribution in [1.29, 1.82) is 0 Å². The van der Waals surface area contributed by atoms with Crippen LogP contribution in [0.2, 0.25) is 0 Å². The number of hydrogen-bond acceptors (Lipinski definition) is 5. The third kappa shape index (κ3) is 7.77. The van der Waals surface area contributed by atoms with Crippen molar-refractivity contribution in [2.75, 3.05) is 67.7 Å². The Morgan fingerprint density at radius 3 is 2.43 bits per heavy atom. The fourth-order valence-corrected chi connectivity index (χ4v) is 3.71. The first-order valence-electron chi connectivity index (χ1n) is 10.4. The van der Waals surface area contributed by atoms with Crippen molar-refractivity contribution in [3.8, 4) is 11.5 Å². The van der Waals surface area contributed by atoms with Crippen LogP contribution in [0.1, 0.15) is 19.4 Å². The molecular formula is C22H39IN4O3. The van der Waals surface area contributed by atoms with Gasteiger partial charge in [-0.3, -0.25) is 9.89 Å². The predicted octanol–water partition coefficient (Wildman–Crippen LogP) is 2.73. The highest BCUT2D eigenvalue weighted by molar-refractivity contribution is 14.0. The summed E-state index contributed by atoms with van der Waals surface area (Å²) in [7, 11) is 7.24. The molecule has 0 aliphatic carbocycles. The van der Waals surface area contributed by atoms with E-state index in [-0.39, 0.29) is 24.0 Å². The number of aliphatic imine (C=N–C) groups is 1. The molecule has 0 saturated carbocycles. The number of hydrogen-bond donors (Lipinski definition) is 1. The van der Waals surface area contributed by atoms with Gasteiger partial charge in [0.2, 0.25) is 0 Å². The van der Waals surface area contributed by atoms with Crippen molar-refractivity contribution < 1.29 is 14.2 Å². The topological polar surface area (TPSA) is 58.6 Å². The lowest BCUT2D eigenvalue weighted by Gasteiger charge is -2.37. The molecule has 1 fully saturated rings. The van der Waals surface area contributed by atoms with Crippen LogP contribution in [0.3, 0.4) is 0 Å². The zero-order valence-corrected chi connectivity index (χ0v) is 21.6. The van der Waals surface area contributed by atoms with E-state index in [9.17, 15) is 0 Å². The zero-order valence-electron chi connectivity index (χ0n) is 19.3. The van der Waals surface area contributed by atoms with Crippen LogP contribution in [-0.4, -0.2) is 89.5 Å². The Morgan fingerprint density at radius 2 is 1.87 bits per heavy atom. The van der Waals surface area contributed by atoms with E-state index in [4.69, 9.17) is 14.2 Å². The van der Waals surface area contributed by atoms with Gasteiger partial charge in [-0.05, 0) is 30.0 Å². The van der Waals surface area contributed by atoms with Crippen molar-refractivity contribution in [3.63, 3.8) is 0 Å². The number of likely N-dealkylation sites (N-methyl/N-ethyl adjacent to an activating group) is 1. The number of rotatable bonds is 9. The maximum Gasteiger partial charge on any atom is 0.193 e. The maximum atomic E-state index is 5.51. The number of morpholine rings is 1. The molecule has 30 heavy (non-hydrogen) atoms. The fraction of sp³-hybridized carbons (Fsp3) is 0.682. The van der Waals surface area contributed by atoms with Gasteiger partial charge in [0.15, 0.2) is 17.5 Å². The van der Waals surface area contributed by atoms with E-state index in [1.165, 1.54) is 5.56 Å². The van der Waals surface area contributed by atoms with Crippen molar-refractivity contribution in [1.82, 2.24) is 15.1 Å². The van der Waals surface area contributed by atoms with Crippen LogP contribution in [0.15, 0.2) is 23.2 Å². The Morgan fingerprint density at radius 1 is 1.20 bits per heavy atom. The van der Waals surface area contributed by atoms with E-state index < -0.39 is 0 Å². The number of benzene rings is 1. The molecule has 7 nitrogen and oxygen atoms in total. The van der Waals surface area contributed by atoms with Crippen molar-refractivity contribution >= 4 is 29.9 Å². The summed E-state index contributed by atoms with van der Waals surface area (Å²) in [6, 6.07) is 6.54. The highest BCUT2D eigenvalue weighted by Crippen LogP contribution is 2.27. The Balaban J connectivity index is 0.00000450. The summed E-state index contributed by atoms with van der Waals surface area (Å²) in [5, 5.41) is 3.57. The third-order valence-corrected chi connectivity index (χ3v) is 5.51. The molecule has 1 aromatic carbocycles. The molecule has 1 unspecified atom stereocenters. The van der Waals surface area contributed by atoms with E-state index in [0.717, 1.165) is 63.3 Å². The van der Waals surface area contributed by atoms with Gasteiger partial charge in [0, 0.05) is 46.3 Å². The Bertz CT molecular complexity index is 651. The van der Waals surface area contributed by atoms with Crippen LogP contribution in [-0.2, 0) is 11.2 Å². The summed E-state index contributed by atoms with van der Waals surface area (Å²) in [4.78, 5) is 9.18. The van der Waals surface area contributed by atoms with E-state index in [0.29, 0.717) is 12.0 Å². The molecule has 1 aliphatic rings. The number of ether oxygens (including phenoxy) is 3. The average molecular weight is 534 g/mol. The zero-order chi connectivity index (χ0) is 21.2. The second kappa shape index (κ2) is 13.9. The number of nitrogens with one attached hydrogen (secondary N) is 1. The first-order valence-corrected chi connectivity index (χ1v) is 10.4. The van der Waals surface area contributed by atoms with Crippen molar-refractivity contribution in [2.45, 2.75) is 26.3 Å². The van der Waals surface area contributed by atoms with Crippen LogP contribution in [0.25, 0.3) is 0 Å². The van der Waals surface area contributed by atoms with Gasteiger partial charge in [0.25, 0.3) is 0 Å². The van der Waals surface area contributed by atoms with Gasteiger partial charge in [-0.1, -0.05) is 19.9 Å². The smallest absolute Gasteiger partial charge is 0.193 e. The number of guanidine groups is 1. The summed E-state index contributed by atoms with van der Waals surface area (Å²) in [5.41, 5.74) is 1.21. The van der Waals surface area contributed by atoms with E-state index in [1.807, 2.05) is 19.2 Å². The monoisotopic (exact) mass is 534 g/mol. The number of halogens is 1. The molecule has 1 aromatic rings. The molecule has 0 spiro atoms. The summed E-state index contributed by atoms with van der Waals surface area (Å²) in [5.74, 6) is 3.01. The second-order valence-electron chi connectivity index (χ2n) is 7.75. The van der Waals surface area contributed by atoms with Gasteiger partial charge in [-0.25, -0.2) is 0 Å². The molecule has 1 aliphatic heterocycles. The van der Waals surface area contributed by atoms with Gasteiger partial charge in [0.05, 0.1) is 27.4 Å². The molecule has 1 heterocycles. The summed E-state index contributed by atoms with van der Waals surface area (Å²) in [6.07, 6.45) is 0.897. The maximum absolute atomic E-state index is 5.51. The van der Waals surface area contributed by atoms with Crippen molar-refractivity contribution in [2.24, 2.45) is 10.9 Å². The first kappa shape index (κ1) is 26.8. The molecule has 1 saturated heterocycles. The van der Waals surface area contributed by atoms with Crippen LogP contribution < -0.4 is 14.8 Å². The lowest BCUT2D eigenvalue weighted by molar-refractivity contribution is 0.00742. The summed E-state index contributed by atoms with van der Waals surface area (Å²) in [6.45, 7) is 9.95. The van der Waals surface area contributed by atoms with Crippen LogP contribution >= 0.6 is 24.0 Å². The third-order valence-electron chi connectivity index (χ3n) is 5.51. The molecule has 2 rings (SSSR count). The lowest BCUT2D eigenvalue weighted by atomic mass is 10.0. The minimum Gasteiger partial charge on any atom is -0.493 e.